The Morgan fingerprint density at radius 1 is 1.14 bits per heavy atom. The number of rotatable bonds is 4. The Hall–Kier alpha value is -3.19. The zero-order valence-electron chi connectivity index (χ0n) is 24.5. The largest absolute Gasteiger partial charge is 0.444 e. The van der Waals surface area contributed by atoms with E-state index in [0.29, 0.717) is 32.1 Å². The number of halogens is 2. The van der Waals surface area contributed by atoms with Gasteiger partial charge in [0.1, 0.15) is 33.9 Å². The van der Waals surface area contributed by atoms with E-state index in [2.05, 4.69) is 10.6 Å². The van der Waals surface area contributed by atoms with Crippen molar-refractivity contribution in [3.05, 3.63) is 41.2 Å². The Morgan fingerprint density at radius 2 is 1.88 bits per heavy atom. The Kier molecular flexibility index (Phi) is 9.75. The number of sulfonamides is 1. The van der Waals surface area contributed by atoms with Crippen LogP contribution in [0.25, 0.3) is 0 Å². The minimum absolute atomic E-state index is 0.0349. The van der Waals surface area contributed by atoms with Gasteiger partial charge in [0.2, 0.25) is 11.8 Å². The predicted octanol–water partition coefficient (Wildman–Crippen LogP) is 3.56. The van der Waals surface area contributed by atoms with Crippen molar-refractivity contribution in [2.24, 2.45) is 5.92 Å². The molecule has 1 aromatic carbocycles. The van der Waals surface area contributed by atoms with Gasteiger partial charge < -0.3 is 20.3 Å². The van der Waals surface area contributed by atoms with Crippen LogP contribution in [0.1, 0.15) is 72.1 Å². The number of nitrogens with one attached hydrogen (secondary N) is 3. The zero-order chi connectivity index (χ0) is 31.6. The van der Waals surface area contributed by atoms with Crippen LogP contribution in [-0.2, 0) is 29.1 Å². The fourth-order valence-electron chi connectivity index (χ4n) is 5.49. The van der Waals surface area contributed by atoms with Crippen LogP contribution in [0.15, 0.2) is 35.2 Å². The first-order valence-electron chi connectivity index (χ1n) is 14.4. The van der Waals surface area contributed by atoms with Gasteiger partial charge in [-0.3, -0.25) is 14.4 Å². The normalized spacial score (nSPS) is 27.5. The molecule has 3 aliphatic rings. The van der Waals surface area contributed by atoms with Crippen LogP contribution in [0.4, 0.5) is 9.18 Å². The summed E-state index contributed by atoms with van der Waals surface area (Å²) in [6.07, 6.45) is 7.09. The van der Waals surface area contributed by atoms with E-state index < -0.39 is 73.7 Å². The second kappa shape index (κ2) is 12.8. The number of alkyl carbamates (subject to hydrolysis) is 1. The molecule has 0 unspecified atom stereocenters. The molecule has 1 saturated carbocycles. The molecule has 0 bridgehead atoms. The lowest BCUT2D eigenvalue weighted by Crippen LogP contribution is -2.58. The molecule has 43 heavy (non-hydrogen) atoms. The molecule has 14 heteroatoms. The van der Waals surface area contributed by atoms with Gasteiger partial charge in [0.25, 0.3) is 15.9 Å². The number of allylic oxidation sites excluding steroid dienone is 1. The highest BCUT2D eigenvalue weighted by Gasteiger charge is 2.61. The highest BCUT2D eigenvalue weighted by atomic mass is 35.5. The van der Waals surface area contributed by atoms with Gasteiger partial charge >= 0.3 is 6.09 Å². The topological polar surface area (TPSA) is 151 Å². The number of nitrogens with zero attached hydrogens (tertiary/aromatic N) is 1. The van der Waals surface area contributed by atoms with E-state index in [0.717, 1.165) is 25.0 Å². The van der Waals surface area contributed by atoms with Crippen molar-refractivity contribution in [2.45, 2.75) is 100 Å². The first kappa shape index (κ1) is 32.7. The van der Waals surface area contributed by atoms with Crippen LogP contribution in [-0.4, -0.2) is 66.9 Å². The third-order valence-electron chi connectivity index (χ3n) is 7.74. The van der Waals surface area contributed by atoms with Gasteiger partial charge in [-0.2, -0.15) is 0 Å². The van der Waals surface area contributed by atoms with E-state index in [1.807, 2.05) is 10.8 Å². The summed E-state index contributed by atoms with van der Waals surface area (Å²) < 4.78 is 47.6. The van der Waals surface area contributed by atoms with Crippen LogP contribution < -0.4 is 15.4 Å². The molecule has 4 amide bonds. The van der Waals surface area contributed by atoms with Crippen molar-refractivity contribution in [3.63, 3.8) is 0 Å². The average molecular weight is 641 g/mol. The summed E-state index contributed by atoms with van der Waals surface area (Å²) in [5.74, 6) is -3.65. The van der Waals surface area contributed by atoms with E-state index in [1.54, 1.807) is 26.8 Å². The van der Waals surface area contributed by atoms with Gasteiger partial charge in [-0.15, -0.1) is 0 Å². The molecule has 2 heterocycles. The standard InChI is InChI=1S/C29H38ClFN4O7S/c1-28(2,3)42-27(39)32-21-11-8-6-4-5-7-10-18-17-29(18,33-24(36)22-12-9-15-35(22)25(21)37)26(38)34-43(40,41)23-16-19(30)13-14-20(23)31/h7,10,13-14,16,18,21-22H,4-6,8-9,11-12,15,17H2,1-3H3,(H,32,39)(H,33,36)(H,34,38)/b10-7-/t18-,21+,22+,29-/m1/s1. The number of fused-ring (bicyclic) bond motifs is 2. The van der Waals surface area contributed by atoms with Crippen molar-refractivity contribution in [1.82, 2.24) is 20.3 Å². The molecule has 1 aromatic rings. The van der Waals surface area contributed by atoms with Gasteiger partial charge in [0, 0.05) is 17.5 Å². The summed E-state index contributed by atoms with van der Waals surface area (Å²) in [6.45, 7) is 5.42. The van der Waals surface area contributed by atoms with Crippen molar-refractivity contribution < 1.29 is 36.7 Å². The van der Waals surface area contributed by atoms with Gasteiger partial charge in [0.05, 0.1) is 0 Å². The fourth-order valence-corrected chi connectivity index (χ4v) is 6.87. The van der Waals surface area contributed by atoms with Crippen LogP contribution >= 0.6 is 11.6 Å². The molecular weight excluding hydrogens is 603 g/mol. The van der Waals surface area contributed by atoms with Crippen LogP contribution in [0.3, 0.4) is 0 Å². The molecule has 236 valence electrons. The fraction of sp³-hybridized carbons (Fsp3) is 0.586. The highest BCUT2D eigenvalue weighted by Crippen LogP contribution is 2.46. The van der Waals surface area contributed by atoms with Gasteiger partial charge in [0.15, 0.2) is 0 Å². The number of carbonyl (C=O) groups is 4. The summed E-state index contributed by atoms with van der Waals surface area (Å²) in [5, 5.41) is 5.36. The maximum atomic E-state index is 14.4. The van der Waals surface area contributed by atoms with Crippen molar-refractivity contribution in [3.8, 4) is 0 Å². The smallest absolute Gasteiger partial charge is 0.408 e. The number of benzene rings is 1. The Morgan fingerprint density at radius 3 is 2.60 bits per heavy atom. The number of ether oxygens (including phenoxy) is 1. The lowest BCUT2D eigenvalue weighted by atomic mass is 10.0. The summed E-state index contributed by atoms with van der Waals surface area (Å²) in [5.41, 5.74) is -2.38. The van der Waals surface area contributed by atoms with Gasteiger partial charge in [-0.25, -0.2) is 22.3 Å². The molecular formula is C29H38ClFN4O7S. The van der Waals surface area contributed by atoms with E-state index in [-0.39, 0.29) is 18.0 Å². The molecule has 0 radical (unpaired) electrons. The number of carbonyl (C=O) groups excluding carboxylic acids is 4. The minimum Gasteiger partial charge on any atom is -0.444 e. The predicted molar refractivity (Wildman–Crippen MR) is 156 cm³/mol. The third kappa shape index (κ3) is 7.86. The molecule has 0 spiro atoms. The monoisotopic (exact) mass is 640 g/mol. The molecule has 2 fully saturated rings. The molecule has 1 aliphatic carbocycles. The summed E-state index contributed by atoms with van der Waals surface area (Å²) >= 11 is 5.86. The lowest BCUT2D eigenvalue weighted by molar-refractivity contribution is -0.141. The van der Waals surface area contributed by atoms with Crippen molar-refractivity contribution in [2.75, 3.05) is 6.54 Å². The van der Waals surface area contributed by atoms with E-state index in [4.69, 9.17) is 16.3 Å². The number of hydrogen-bond donors (Lipinski definition) is 3. The molecule has 0 aromatic heterocycles. The Labute approximate surface area is 256 Å². The van der Waals surface area contributed by atoms with Gasteiger partial charge in [-0.1, -0.05) is 36.6 Å². The molecule has 3 N–H and O–H groups in total. The molecule has 2 aliphatic heterocycles. The first-order chi connectivity index (χ1) is 20.1. The second-order valence-corrected chi connectivity index (χ2v) is 14.3. The molecule has 1 saturated heterocycles. The van der Waals surface area contributed by atoms with Crippen LogP contribution in [0.5, 0.6) is 0 Å². The summed E-state index contributed by atoms with van der Waals surface area (Å²) in [6, 6.07) is 1.11. The quantitative estimate of drug-likeness (QED) is 0.426. The third-order valence-corrected chi connectivity index (χ3v) is 9.32. The zero-order valence-corrected chi connectivity index (χ0v) is 26.0. The Bertz CT molecular complexity index is 1410. The summed E-state index contributed by atoms with van der Waals surface area (Å²) in [4.78, 5) is 54.0. The van der Waals surface area contributed by atoms with Crippen LogP contribution in [0.2, 0.25) is 5.02 Å². The van der Waals surface area contributed by atoms with Gasteiger partial charge in [-0.05, 0) is 77.5 Å². The second-order valence-electron chi connectivity index (χ2n) is 12.2. The van der Waals surface area contributed by atoms with E-state index >= 15 is 0 Å². The average Bonchev–Trinajstić information content (AvgIpc) is 3.36. The maximum Gasteiger partial charge on any atom is 0.408 e. The minimum atomic E-state index is -4.67. The molecule has 4 rings (SSSR count). The SMILES string of the molecule is CC(C)(C)OC(=O)N[C@H]1CCCCC/C=C\[C@@H]2C[C@@]2(C(=O)NS(=O)(=O)c2cc(Cl)ccc2F)NC(=O)[C@@H]2CCCN2C1=O. The van der Waals surface area contributed by atoms with Crippen molar-refractivity contribution in [1.29, 1.82) is 0 Å². The number of hydrogen-bond acceptors (Lipinski definition) is 7. The highest BCUT2D eigenvalue weighted by molar-refractivity contribution is 7.90. The maximum absolute atomic E-state index is 14.4. The van der Waals surface area contributed by atoms with Crippen molar-refractivity contribution >= 4 is 45.4 Å². The summed E-state index contributed by atoms with van der Waals surface area (Å²) in [7, 11) is -4.67. The molecule has 4 atom stereocenters. The molecule has 11 nitrogen and oxygen atoms in total. The lowest BCUT2D eigenvalue weighted by Gasteiger charge is -2.30. The van der Waals surface area contributed by atoms with E-state index in [9.17, 15) is 32.0 Å². The van der Waals surface area contributed by atoms with E-state index in [1.165, 1.54) is 11.0 Å². The Balaban J connectivity index is 1.58. The first-order valence-corrected chi connectivity index (χ1v) is 16.3. The number of amides is 4. The van der Waals surface area contributed by atoms with Crippen LogP contribution in [0, 0.1) is 11.7 Å².